The molecule has 138 valence electrons. The van der Waals surface area contributed by atoms with E-state index >= 15 is 0 Å². The molecule has 1 N–H and O–H groups in total. The van der Waals surface area contributed by atoms with E-state index in [-0.39, 0.29) is 23.8 Å². The predicted molar refractivity (Wildman–Crippen MR) is 98.5 cm³/mol. The topological polar surface area (TPSA) is 58.6 Å². The fourth-order valence-electron chi connectivity index (χ4n) is 3.35. The first-order valence-corrected chi connectivity index (χ1v) is 9.24. The van der Waals surface area contributed by atoms with Gasteiger partial charge in [-0.15, -0.1) is 0 Å². The minimum absolute atomic E-state index is 0.0763. The van der Waals surface area contributed by atoms with Crippen LogP contribution in [0, 0.1) is 5.92 Å². The lowest BCUT2D eigenvalue weighted by Gasteiger charge is -2.32. The van der Waals surface area contributed by atoms with Crippen molar-refractivity contribution in [3.05, 3.63) is 29.8 Å². The van der Waals surface area contributed by atoms with Crippen LogP contribution in [0.1, 0.15) is 45.1 Å². The van der Waals surface area contributed by atoms with Crippen LogP contribution >= 0.6 is 0 Å². The molecule has 2 rings (SSSR count). The van der Waals surface area contributed by atoms with Gasteiger partial charge in [-0.2, -0.15) is 0 Å². The first-order valence-electron chi connectivity index (χ1n) is 9.24. The summed E-state index contributed by atoms with van der Waals surface area (Å²) in [5, 5.41) is 3.08. The number of rotatable bonds is 7. The lowest BCUT2D eigenvalue weighted by atomic mass is 9.96. The second-order valence-electron chi connectivity index (χ2n) is 6.91. The molecular weight excluding hydrogens is 316 g/mol. The summed E-state index contributed by atoms with van der Waals surface area (Å²) in [6.45, 7) is 5.41. The van der Waals surface area contributed by atoms with E-state index in [1.54, 1.807) is 7.11 Å². The fraction of sp³-hybridized carbons (Fsp3) is 0.600. The lowest BCUT2D eigenvalue weighted by molar-refractivity contribution is -0.135. The minimum atomic E-state index is -0.0951. The van der Waals surface area contributed by atoms with E-state index in [1.165, 1.54) is 0 Å². The summed E-state index contributed by atoms with van der Waals surface area (Å²) < 4.78 is 5.21. The van der Waals surface area contributed by atoms with Crippen molar-refractivity contribution in [3.8, 4) is 5.75 Å². The number of hydrogen-bond donors (Lipinski definition) is 1. The van der Waals surface area contributed by atoms with Gasteiger partial charge in [0.15, 0.2) is 0 Å². The molecule has 1 aromatic rings. The summed E-state index contributed by atoms with van der Waals surface area (Å²) in [5.41, 5.74) is 0.937. The number of piperidine rings is 1. The van der Waals surface area contributed by atoms with Gasteiger partial charge in [0.25, 0.3) is 0 Å². The van der Waals surface area contributed by atoms with Gasteiger partial charge in [-0.05, 0) is 43.9 Å². The molecule has 2 atom stereocenters. The van der Waals surface area contributed by atoms with Gasteiger partial charge in [0.05, 0.1) is 19.4 Å². The number of ether oxygens (including phenoxy) is 1. The van der Waals surface area contributed by atoms with Crippen LogP contribution in [0.2, 0.25) is 0 Å². The van der Waals surface area contributed by atoms with Gasteiger partial charge in [0.1, 0.15) is 5.75 Å². The molecule has 1 aliphatic rings. The van der Waals surface area contributed by atoms with Gasteiger partial charge < -0.3 is 15.0 Å². The molecule has 0 bridgehead atoms. The highest BCUT2D eigenvalue weighted by Gasteiger charge is 2.28. The van der Waals surface area contributed by atoms with Crippen molar-refractivity contribution in [1.82, 2.24) is 10.2 Å². The number of methoxy groups -OCH3 is 1. The Labute approximate surface area is 150 Å². The van der Waals surface area contributed by atoms with Gasteiger partial charge in [0, 0.05) is 19.1 Å². The number of carbonyl (C=O) groups excluding carboxylic acids is 2. The molecule has 0 radical (unpaired) electrons. The first-order chi connectivity index (χ1) is 12.0. The molecule has 0 spiro atoms. The standard InChI is InChI=1S/C20H30N2O3/c1-4-7-15(2)21-20(24)17-9-6-11-22(14-17)19(23)13-16-8-5-10-18(12-16)25-3/h5,8,10,12,15,17H,4,6-7,9,11,13-14H2,1-3H3,(H,21,24)/t15-,17-/m1/s1. The van der Waals surface area contributed by atoms with Crippen LogP contribution in [0.4, 0.5) is 0 Å². The van der Waals surface area contributed by atoms with E-state index in [9.17, 15) is 9.59 Å². The maximum Gasteiger partial charge on any atom is 0.227 e. The van der Waals surface area contributed by atoms with Crippen LogP contribution in [0.25, 0.3) is 0 Å². The lowest BCUT2D eigenvalue weighted by Crippen LogP contribution is -2.47. The zero-order chi connectivity index (χ0) is 18.2. The van der Waals surface area contributed by atoms with E-state index in [0.717, 1.165) is 43.5 Å². The van der Waals surface area contributed by atoms with Gasteiger partial charge in [-0.1, -0.05) is 25.5 Å². The van der Waals surface area contributed by atoms with Crippen molar-refractivity contribution >= 4 is 11.8 Å². The molecule has 0 unspecified atom stereocenters. The number of nitrogens with one attached hydrogen (secondary N) is 1. The maximum absolute atomic E-state index is 12.6. The number of nitrogens with zero attached hydrogens (tertiary/aromatic N) is 1. The Hall–Kier alpha value is -2.04. The fourth-order valence-corrected chi connectivity index (χ4v) is 3.35. The van der Waals surface area contributed by atoms with E-state index in [4.69, 9.17) is 4.74 Å². The van der Waals surface area contributed by atoms with Crippen LogP contribution < -0.4 is 10.1 Å². The zero-order valence-electron chi connectivity index (χ0n) is 15.6. The summed E-state index contributed by atoms with van der Waals surface area (Å²) in [7, 11) is 1.62. The van der Waals surface area contributed by atoms with E-state index in [2.05, 4.69) is 12.2 Å². The molecule has 25 heavy (non-hydrogen) atoms. The van der Waals surface area contributed by atoms with Crippen LogP contribution in [0.3, 0.4) is 0 Å². The minimum Gasteiger partial charge on any atom is -0.497 e. The zero-order valence-corrected chi connectivity index (χ0v) is 15.6. The van der Waals surface area contributed by atoms with Crippen molar-refractivity contribution in [3.63, 3.8) is 0 Å². The molecule has 0 saturated carbocycles. The smallest absolute Gasteiger partial charge is 0.227 e. The monoisotopic (exact) mass is 346 g/mol. The van der Waals surface area contributed by atoms with Crippen LogP contribution in [-0.2, 0) is 16.0 Å². The number of amides is 2. The Morgan fingerprint density at radius 3 is 2.92 bits per heavy atom. The van der Waals surface area contributed by atoms with Gasteiger partial charge >= 0.3 is 0 Å². The molecule has 5 nitrogen and oxygen atoms in total. The SMILES string of the molecule is CCC[C@@H](C)NC(=O)[C@@H]1CCCN(C(=O)Cc2cccc(OC)c2)C1. The molecule has 5 heteroatoms. The molecule has 1 saturated heterocycles. The number of likely N-dealkylation sites (tertiary alicyclic amines) is 1. The highest BCUT2D eigenvalue weighted by atomic mass is 16.5. The van der Waals surface area contributed by atoms with Crippen LogP contribution in [-0.4, -0.2) is 43.0 Å². The molecule has 1 aliphatic heterocycles. The summed E-state index contributed by atoms with van der Waals surface area (Å²) in [4.78, 5) is 26.9. The van der Waals surface area contributed by atoms with Crippen molar-refractivity contribution in [1.29, 1.82) is 0 Å². The largest absolute Gasteiger partial charge is 0.497 e. The molecule has 0 aromatic heterocycles. The Balaban J connectivity index is 1.91. The highest BCUT2D eigenvalue weighted by molar-refractivity contribution is 5.82. The Bertz CT molecular complexity index is 588. The summed E-state index contributed by atoms with van der Waals surface area (Å²) in [5.74, 6) is 0.820. The van der Waals surface area contributed by atoms with Gasteiger partial charge in [-0.3, -0.25) is 9.59 Å². The van der Waals surface area contributed by atoms with E-state index < -0.39 is 0 Å². The number of hydrogen-bond acceptors (Lipinski definition) is 3. The van der Waals surface area contributed by atoms with Gasteiger partial charge in [-0.25, -0.2) is 0 Å². The average Bonchev–Trinajstić information content (AvgIpc) is 2.62. The first kappa shape index (κ1) is 19.3. The Morgan fingerprint density at radius 1 is 1.40 bits per heavy atom. The van der Waals surface area contributed by atoms with Gasteiger partial charge in [0.2, 0.25) is 11.8 Å². The second-order valence-corrected chi connectivity index (χ2v) is 6.91. The molecular formula is C20H30N2O3. The summed E-state index contributed by atoms with van der Waals surface area (Å²) in [6, 6.07) is 7.77. The molecule has 1 fully saturated rings. The van der Waals surface area contributed by atoms with Crippen molar-refractivity contribution in [2.45, 2.75) is 52.0 Å². The summed E-state index contributed by atoms with van der Waals surface area (Å²) in [6.07, 6.45) is 4.11. The Morgan fingerprint density at radius 2 is 2.20 bits per heavy atom. The molecule has 1 aromatic carbocycles. The molecule has 0 aliphatic carbocycles. The maximum atomic E-state index is 12.6. The Kier molecular flexibility index (Phi) is 7.29. The number of carbonyl (C=O) groups is 2. The second kappa shape index (κ2) is 9.44. The quantitative estimate of drug-likeness (QED) is 0.826. The van der Waals surface area contributed by atoms with Crippen molar-refractivity contribution in [2.24, 2.45) is 5.92 Å². The molecule has 2 amide bonds. The average molecular weight is 346 g/mol. The number of benzene rings is 1. The van der Waals surface area contributed by atoms with Crippen LogP contribution in [0.15, 0.2) is 24.3 Å². The van der Waals surface area contributed by atoms with Crippen molar-refractivity contribution < 1.29 is 14.3 Å². The predicted octanol–water partition coefficient (Wildman–Crippen LogP) is 2.78. The van der Waals surface area contributed by atoms with Crippen molar-refractivity contribution in [2.75, 3.05) is 20.2 Å². The summed E-state index contributed by atoms with van der Waals surface area (Å²) >= 11 is 0. The molecule has 1 heterocycles. The highest BCUT2D eigenvalue weighted by Crippen LogP contribution is 2.19. The van der Waals surface area contributed by atoms with E-state index in [0.29, 0.717) is 13.0 Å². The normalized spacial score (nSPS) is 18.5. The third kappa shape index (κ3) is 5.76. The van der Waals surface area contributed by atoms with E-state index in [1.807, 2.05) is 36.1 Å². The van der Waals surface area contributed by atoms with Crippen LogP contribution in [0.5, 0.6) is 5.75 Å². The third-order valence-corrected chi connectivity index (χ3v) is 4.74. The third-order valence-electron chi connectivity index (χ3n) is 4.74.